The summed E-state index contributed by atoms with van der Waals surface area (Å²) in [5.74, 6) is -1.56. The monoisotopic (exact) mass is 367 g/mol. The molecule has 0 saturated carbocycles. The van der Waals surface area contributed by atoms with Gasteiger partial charge in [-0.3, -0.25) is 10.2 Å². The van der Waals surface area contributed by atoms with Crippen molar-refractivity contribution >= 4 is 28.7 Å². The molecule has 0 aliphatic heterocycles. The molecule has 138 valence electrons. The van der Waals surface area contributed by atoms with E-state index in [9.17, 15) is 9.59 Å². The molecule has 27 heavy (non-hydrogen) atoms. The summed E-state index contributed by atoms with van der Waals surface area (Å²) in [6.45, 7) is 0. The number of hydrogen-bond acceptors (Lipinski definition) is 5. The number of hydrogen-bond donors (Lipinski definition) is 4. The number of anilines is 1. The number of aliphatic carboxylic acids is 2. The molecule has 0 fully saturated rings. The van der Waals surface area contributed by atoms with E-state index in [1.165, 1.54) is 0 Å². The van der Waals surface area contributed by atoms with E-state index < -0.39 is 18.0 Å². The first-order valence-electron chi connectivity index (χ1n) is 8.18. The Morgan fingerprint density at radius 1 is 1.11 bits per heavy atom. The highest BCUT2D eigenvalue weighted by Gasteiger charge is 2.17. The van der Waals surface area contributed by atoms with E-state index >= 15 is 0 Å². The van der Waals surface area contributed by atoms with Crippen LogP contribution in [0.1, 0.15) is 12.8 Å². The topological polar surface area (TPSA) is 140 Å². The van der Waals surface area contributed by atoms with Crippen molar-refractivity contribution in [1.29, 1.82) is 0 Å². The average Bonchev–Trinajstić information content (AvgIpc) is 3.08. The Bertz CT molecular complexity index is 948. The van der Waals surface area contributed by atoms with E-state index in [0.717, 1.165) is 22.4 Å². The van der Waals surface area contributed by atoms with E-state index in [4.69, 9.17) is 10.2 Å². The molecule has 3 aromatic rings. The summed E-state index contributed by atoms with van der Waals surface area (Å²) in [7, 11) is 0. The quantitative estimate of drug-likeness (QED) is 0.355. The highest BCUT2D eigenvalue weighted by Crippen LogP contribution is 2.22. The van der Waals surface area contributed by atoms with Crippen LogP contribution in [0.4, 0.5) is 5.69 Å². The number of imidazole rings is 1. The summed E-state index contributed by atoms with van der Waals surface area (Å²) < 4.78 is 0. The number of aromatic amines is 1. The van der Waals surface area contributed by atoms with E-state index in [0.29, 0.717) is 5.69 Å². The molecule has 0 radical (unpaired) electrons. The van der Waals surface area contributed by atoms with Gasteiger partial charge in [-0.05, 0) is 42.8 Å². The number of benzene rings is 2. The Labute approximate surface area is 153 Å². The Balaban J connectivity index is 1.64. The number of aromatic nitrogens is 2. The first kappa shape index (κ1) is 18.1. The number of nitrogens with zero attached hydrogens (tertiary/aromatic N) is 3. The second-order valence-corrected chi connectivity index (χ2v) is 5.79. The van der Waals surface area contributed by atoms with Gasteiger partial charge in [0.1, 0.15) is 5.82 Å². The summed E-state index contributed by atoms with van der Waals surface area (Å²) in [5, 5.41) is 24.9. The zero-order chi connectivity index (χ0) is 19.2. The minimum Gasteiger partial charge on any atom is -0.481 e. The standard InChI is InChI=1S/C18H17N5O4/c24-16(25)10-9-15(18(26)27)22-23-21-12-7-5-11(6-8-12)17-19-13-3-1-2-4-14(13)20-17/h1-8,15H,9-10H2,(H,19,20)(H,21,22)(H,24,25)(H,26,27). The summed E-state index contributed by atoms with van der Waals surface area (Å²) in [6.07, 6.45) is -0.414. The largest absolute Gasteiger partial charge is 0.481 e. The number of carbonyl (C=O) groups is 2. The zero-order valence-electron chi connectivity index (χ0n) is 14.2. The van der Waals surface area contributed by atoms with E-state index in [-0.39, 0.29) is 12.8 Å². The molecule has 0 aliphatic rings. The van der Waals surface area contributed by atoms with E-state index in [1.807, 2.05) is 36.4 Å². The van der Waals surface area contributed by atoms with Crippen LogP contribution in [0.25, 0.3) is 22.4 Å². The van der Waals surface area contributed by atoms with Crippen molar-refractivity contribution in [1.82, 2.24) is 9.97 Å². The van der Waals surface area contributed by atoms with Gasteiger partial charge in [-0.25, -0.2) is 9.78 Å². The number of fused-ring (bicyclic) bond motifs is 1. The van der Waals surface area contributed by atoms with Gasteiger partial charge in [0.2, 0.25) is 0 Å². The predicted molar refractivity (Wildman–Crippen MR) is 98.3 cm³/mol. The van der Waals surface area contributed by atoms with Crippen molar-refractivity contribution in [3.63, 3.8) is 0 Å². The lowest BCUT2D eigenvalue weighted by Crippen LogP contribution is -2.19. The van der Waals surface area contributed by atoms with Gasteiger partial charge in [0.15, 0.2) is 6.04 Å². The maximum atomic E-state index is 11.0. The predicted octanol–water partition coefficient (Wildman–Crippen LogP) is 3.33. The molecule has 9 heteroatoms. The Morgan fingerprint density at radius 3 is 2.52 bits per heavy atom. The van der Waals surface area contributed by atoms with E-state index in [1.54, 1.807) is 12.1 Å². The van der Waals surface area contributed by atoms with Crippen LogP contribution in [0.3, 0.4) is 0 Å². The number of nitrogens with one attached hydrogen (secondary N) is 2. The second kappa shape index (κ2) is 8.09. The fourth-order valence-electron chi connectivity index (χ4n) is 2.44. The molecule has 0 saturated heterocycles. The molecule has 0 amide bonds. The minimum atomic E-state index is -1.22. The van der Waals surface area contributed by atoms with Crippen molar-refractivity contribution in [2.75, 3.05) is 5.43 Å². The van der Waals surface area contributed by atoms with Crippen LogP contribution < -0.4 is 5.43 Å². The number of carboxylic acids is 2. The Hall–Kier alpha value is -3.75. The van der Waals surface area contributed by atoms with Crippen LogP contribution in [-0.2, 0) is 9.59 Å². The van der Waals surface area contributed by atoms with Gasteiger partial charge in [0.05, 0.1) is 16.7 Å². The number of rotatable bonds is 8. The van der Waals surface area contributed by atoms with Crippen LogP contribution in [-0.4, -0.2) is 38.2 Å². The number of carboxylic acid groups (broad SMARTS) is 2. The molecule has 0 bridgehead atoms. The molecule has 9 nitrogen and oxygen atoms in total. The minimum absolute atomic E-state index is 0.124. The molecule has 2 aromatic carbocycles. The van der Waals surface area contributed by atoms with Gasteiger partial charge in [-0.1, -0.05) is 17.4 Å². The molecule has 3 rings (SSSR count). The van der Waals surface area contributed by atoms with Crippen molar-refractivity contribution in [2.45, 2.75) is 18.9 Å². The van der Waals surface area contributed by atoms with Crippen molar-refractivity contribution in [3.05, 3.63) is 48.5 Å². The normalized spacial score (nSPS) is 12.3. The lowest BCUT2D eigenvalue weighted by molar-refractivity contribution is -0.139. The third-order valence-corrected chi connectivity index (χ3v) is 3.84. The maximum absolute atomic E-state index is 11.0. The van der Waals surface area contributed by atoms with Gasteiger partial charge in [-0.2, -0.15) is 5.11 Å². The van der Waals surface area contributed by atoms with Gasteiger partial charge < -0.3 is 15.2 Å². The Kier molecular flexibility index (Phi) is 5.41. The lowest BCUT2D eigenvalue weighted by Gasteiger charge is -2.05. The highest BCUT2D eigenvalue weighted by atomic mass is 16.4. The first-order chi connectivity index (χ1) is 13.0. The van der Waals surface area contributed by atoms with Gasteiger partial charge in [0.25, 0.3) is 0 Å². The van der Waals surface area contributed by atoms with Crippen LogP contribution in [0.2, 0.25) is 0 Å². The molecule has 4 N–H and O–H groups in total. The number of H-pyrrole nitrogens is 1. The van der Waals surface area contributed by atoms with Crippen molar-refractivity contribution < 1.29 is 19.8 Å². The molecule has 0 spiro atoms. The number of para-hydroxylation sites is 2. The molecular formula is C18H17N5O4. The van der Waals surface area contributed by atoms with Crippen LogP contribution in [0.5, 0.6) is 0 Å². The molecule has 1 aromatic heterocycles. The SMILES string of the molecule is O=C(O)CCC(N=NNc1ccc(-c2nc3ccccc3[nH]2)cc1)C(=O)O. The third kappa shape index (κ3) is 4.66. The molecule has 0 aliphatic carbocycles. The lowest BCUT2D eigenvalue weighted by atomic mass is 10.2. The van der Waals surface area contributed by atoms with Crippen molar-refractivity contribution in [3.8, 4) is 11.4 Å². The van der Waals surface area contributed by atoms with Gasteiger partial charge in [0, 0.05) is 12.0 Å². The summed E-state index contributed by atoms with van der Waals surface area (Å²) in [6, 6.07) is 13.7. The first-order valence-corrected chi connectivity index (χ1v) is 8.18. The summed E-state index contributed by atoms with van der Waals surface area (Å²) >= 11 is 0. The van der Waals surface area contributed by atoms with Crippen LogP contribution in [0, 0.1) is 0 Å². The molecule has 1 atom stereocenters. The van der Waals surface area contributed by atoms with Gasteiger partial charge in [-0.15, -0.1) is 0 Å². The fraction of sp³-hybridized carbons (Fsp3) is 0.167. The zero-order valence-corrected chi connectivity index (χ0v) is 14.2. The Morgan fingerprint density at radius 2 is 1.85 bits per heavy atom. The van der Waals surface area contributed by atoms with Crippen LogP contribution >= 0.6 is 0 Å². The smallest absolute Gasteiger partial charge is 0.330 e. The average molecular weight is 367 g/mol. The fourth-order valence-corrected chi connectivity index (χ4v) is 2.44. The molecular weight excluding hydrogens is 350 g/mol. The highest BCUT2D eigenvalue weighted by molar-refractivity contribution is 5.79. The third-order valence-electron chi connectivity index (χ3n) is 3.84. The molecule has 1 heterocycles. The van der Waals surface area contributed by atoms with Gasteiger partial charge >= 0.3 is 11.9 Å². The van der Waals surface area contributed by atoms with Crippen LogP contribution in [0.15, 0.2) is 58.9 Å². The maximum Gasteiger partial charge on any atom is 0.330 e. The second-order valence-electron chi connectivity index (χ2n) is 5.79. The van der Waals surface area contributed by atoms with E-state index in [2.05, 4.69) is 25.7 Å². The molecule has 1 unspecified atom stereocenters. The summed E-state index contributed by atoms with van der Waals surface area (Å²) in [4.78, 5) is 29.3. The summed E-state index contributed by atoms with van der Waals surface area (Å²) in [5.41, 5.74) is 5.97. The van der Waals surface area contributed by atoms with Crippen molar-refractivity contribution in [2.24, 2.45) is 10.3 Å².